The molecule has 162 valence electrons. The van der Waals surface area contributed by atoms with Gasteiger partial charge in [0.05, 0.1) is 11.7 Å². The Kier molecular flexibility index (Phi) is 5.51. The van der Waals surface area contributed by atoms with Crippen molar-refractivity contribution in [1.82, 2.24) is 30.4 Å². The van der Waals surface area contributed by atoms with E-state index in [1.807, 2.05) is 48.7 Å². The first-order valence-corrected chi connectivity index (χ1v) is 10.8. The quantitative estimate of drug-likeness (QED) is 0.450. The summed E-state index contributed by atoms with van der Waals surface area (Å²) in [4.78, 5) is 23.9. The third kappa shape index (κ3) is 4.45. The number of H-pyrrole nitrogens is 1. The van der Waals surface area contributed by atoms with E-state index >= 15 is 0 Å². The van der Waals surface area contributed by atoms with E-state index in [-0.39, 0.29) is 11.9 Å². The molecule has 5 rings (SSSR count). The number of likely N-dealkylation sites (tertiary alicyclic amines) is 1. The lowest BCUT2D eigenvalue weighted by molar-refractivity contribution is 0.0917. The molecule has 4 aromatic rings. The molecule has 8 heteroatoms. The fourth-order valence-electron chi connectivity index (χ4n) is 3.93. The molecule has 1 aliphatic rings. The van der Waals surface area contributed by atoms with E-state index in [1.54, 1.807) is 12.4 Å². The van der Waals surface area contributed by atoms with Crippen molar-refractivity contribution in [2.45, 2.75) is 18.9 Å². The van der Waals surface area contributed by atoms with Gasteiger partial charge in [0.2, 0.25) is 5.95 Å². The van der Waals surface area contributed by atoms with Crippen molar-refractivity contribution in [3.05, 3.63) is 66.6 Å². The lowest BCUT2D eigenvalue weighted by atomic mass is 10.0. The summed E-state index contributed by atoms with van der Waals surface area (Å²) in [5, 5.41) is 14.2. The standard InChI is InChI=1S/C24H25N7O/c1-31-10-8-21(9-11-31)28-23(32)16-4-6-20(7-5-16)29-24-25-13-18-3-2-17(12-22(18)30-24)19-14-26-27-15-19/h2-7,12-15,21H,8-11H2,1H3,(H,26,27)(H,28,32)(H,25,29,30). The minimum atomic E-state index is -0.0279. The molecule has 2 aromatic carbocycles. The molecule has 0 atom stereocenters. The van der Waals surface area contributed by atoms with Gasteiger partial charge in [-0.05, 0) is 68.9 Å². The number of benzene rings is 2. The first kappa shape index (κ1) is 20.1. The Morgan fingerprint density at radius 1 is 1.06 bits per heavy atom. The van der Waals surface area contributed by atoms with Crippen LogP contribution in [0.3, 0.4) is 0 Å². The molecule has 0 radical (unpaired) electrons. The highest BCUT2D eigenvalue weighted by Crippen LogP contribution is 2.24. The van der Waals surface area contributed by atoms with Crippen LogP contribution in [0.1, 0.15) is 23.2 Å². The van der Waals surface area contributed by atoms with Crippen molar-refractivity contribution in [1.29, 1.82) is 0 Å². The van der Waals surface area contributed by atoms with Gasteiger partial charge in [-0.15, -0.1) is 0 Å². The van der Waals surface area contributed by atoms with Crippen LogP contribution in [0.25, 0.3) is 22.0 Å². The Morgan fingerprint density at radius 2 is 1.88 bits per heavy atom. The molecule has 0 bridgehead atoms. The van der Waals surface area contributed by atoms with Crippen molar-refractivity contribution in [2.75, 3.05) is 25.5 Å². The van der Waals surface area contributed by atoms with Gasteiger partial charge in [0.15, 0.2) is 0 Å². The summed E-state index contributed by atoms with van der Waals surface area (Å²) in [7, 11) is 2.11. The largest absolute Gasteiger partial charge is 0.349 e. The Balaban J connectivity index is 1.27. The Morgan fingerprint density at radius 3 is 2.62 bits per heavy atom. The summed E-state index contributed by atoms with van der Waals surface area (Å²) in [5.41, 5.74) is 4.37. The van der Waals surface area contributed by atoms with Gasteiger partial charge in [0.1, 0.15) is 0 Å². The van der Waals surface area contributed by atoms with Gasteiger partial charge >= 0.3 is 0 Å². The van der Waals surface area contributed by atoms with Gasteiger partial charge in [-0.25, -0.2) is 9.97 Å². The molecule has 2 aromatic heterocycles. The number of hydrogen-bond acceptors (Lipinski definition) is 6. The predicted octanol–water partition coefficient (Wildman–Crippen LogP) is 3.59. The lowest BCUT2D eigenvalue weighted by Gasteiger charge is -2.29. The van der Waals surface area contributed by atoms with Crippen LogP contribution in [-0.2, 0) is 0 Å². The number of rotatable bonds is 5. The number of nitrogens with zero attached hydrogens (tertiary/aromatic N) is 4. The third-order valence-electron chi connectivity index (χ3n) is 5.87. The molecule has 0 saturated carbocycles. The zero-order chi connectivity index (χ0) is 21.9. The second-order valence-corrected chi connectivity index (χ2v) is 8.21. The number of aromatic amines is 1. The lowest BCUT2D eigenvalue weighted by Crippen LogP contribution is -2.43. The van der Waals surface area contributed by atoms with E-state index < -0.39 is 0 Å². The second-order valence-electron chi connectivity index (χ2n) is 8.21. The van der Waals surface area contributed by atoms with E-state index in [0.29, 0.717) is 11.5 Å². The fraction of sp³-hybridized carbons (Fsp3) is 0.250. The molecule has 1 amide bonds. The highest BCUT2D eigenvalue weighted by atomic mass is 16.1. The van der Waals surface area contributed by atoms with Crippen LogP contribution >= 0.6 is 0 Å². The van der Waals surface area contributed by atoms with Crippen LogP contribution in [0, 0.1) is 0 Å². The highest BCUT2D eigenvalue weighted by Gasteiger charge is 2.19. The van der Waals surface area contributed by atoms with E-state index in [2.05, 4.69) is 42.7 Å². The summed E-state index contributed by atoms with van der Waals surface area (Å²) in [6, 6.07) is 13.7. The molecule has 8 nitrogen and oxygen atoms in total. The monoisotopic (exact) mass is 427 g/mol. The Hall–Kier alpha value is -3.78. The molecule has 3 N–H and O–H groups in total. The minimum Gasteiger partial charge on any atom is -0.349 e. The highest BCUT2D eigenvalue weighted by molar-refractivity contribution is 5.94. The number of anilines is 2. The number of carbonyl (C=O) groups is 1. The van der Waals surface area contributed by atoms with Crippen molar-refractivity contribution < 1.29 is 4.79 Å². The van der Waals surface area contributed by atoms with Crippen molar-refractivity contribution in [3.8, 4) is 11.1 Å². The fourth-order valence-corrected chi connectivity index (χ4v) is 3.93. The number of piperidine rings is 1. The van der Waals surface area contributed by atoms with Crippen LogP contribution in [0.4, 0.5) is 11.6 Å². The topological polar surface area (TPSA) is 98.8 Å². The number of carbonyl (C=O) groups excluding carboxylic acids is 1. The maximum Gasteiger partial charge on any atom is 0.251 e. The smallest absolute Gasteiger partial charge is 0.251 e. The molecule has 3 heterocycles. The van der Waals surface area contributed by atoms with E-state index in [4.69, 9.17) is 0 Å². The normalized spacial score (nSPS) is 15.0. The SMILES string of the molecule is CN1CCC(NC(=O)c2ccc(Nc3ncc4ccc(-c5cn[nH]c5)cc4n3)cc2)CC1. The summed E-state index contributed by atoms with van der Waals surface area (Å²) < 4.78 is 0. The second kappa shape index (κ2) is 8.76. The van der Waals surface area contributed by atoms with Gasteiger partial charge < -0.3 is 15.5 Å². The van der Waals surface area contributed by atoms with Gasteiger partial charge in [-0.1, -0.05) is 12.1 Å². The maximum atomic E-state index is 12.6. The average molecular weight is 428 g/mol. The van der Waals surface area contributed by atoms with Crippen LogP contribution in [0.15, 0.2) is 61.1 Å². The van der Waals surface area contributed by atoms with Gasteiger partial charge in [-0.3, -0.25) is 9.89 Å². The zero-order valence-corrected chi connectivity index (χ0v) is 17.9. The van der Waals surface area contributed by atoms with Gasteiger partial charge in [0.25, 0.3) is 5.91 Å². The molecule has 0 aliphatic carbocycles. The van der Waals surface area contributed by atoms with E-state index in [0.717, 1.165) is 53.6 Å². The van der Waals surface area contributed by atoms with Crippen molar-refractivity contribution in [2.24, 2.45) is 0 Å². The number of aromatic nitrogens is 4. The molecular formula is C24H25N7O. The molecule has 1 aliphatic heterocycles. The first-order chi connectivity index (χ1) is 15.6. The molecule has 0 unspecified atom stereocenters. The number of nitrogens with one attached hydrogen (secondary N) is 3. The molecular weight excluding hydrogens is 402 g/mol. The first-order valence-electron chi connectivity index (χ1n) is 10.8. The molecule has 1 saturated heterocycles. The number of hydrogen-bond donors (Lipinski definition) is 3. The van der Waals surface area contributed by atoms with Crippen molar-refractivity contribution in [3.63, 3.8) is 0 Å². The van der Waals surface area contributed by atoms with E-state index in [9.17, 15) is 4.79 Å². The van der Waals surface area contributed by atoms with Crippen LogP contribution in [-0.4, -0.2) is 57.2 Å². The zero-order valence-electron chi connectivity index (χ0n) is 17.9. The predicted molar refractivity (Wildman–Crippen MR) is 125 cm³/mol. The number of amides is 1. The maximum absolute atomic E-state index is 12.6. The van der Waals surface area contributed by atoms with Crippen LogP contribution in [0.2, 0.25) is 0 Å². The third-order valence-corrected chi connectivity index (χ3v) is 5.87. The minimum absolute atomic E-state index is 0.0279. The van der Waals surface area contributed by atoms with Crippen LogP contribution in [0.5, 0.6) is 0 Å². The molecule has 32 heavy (non-hydrogen) atoms. The average Bonchev–Trinajstić information content (AvgIpc) is 3.36. The Bertz CT molecular complexity index is 1210. The van der Waals surface area contributed by atoms with Crippen molar-refractivity contribution >= 4 is 28.4 Å². The Labute approximate surface area is 186 Å². The summed E-state index contributed by atoms with van der Waals surface area (Å²) >= 11 is 0. The van der Waals surface area contributed by atoms with E-state index in [1.165, 1.54) is 0 Å². The molecule has 1 fully saturated rings. The number of fused-ring (bicyclic) bond motifs is 1. The van der Waals surface area contributed by atoms with Gasteiger partial charge in [-0.2, -0.15) is 5.10 Å². The molecule has 0 spiro atoms. The summed E-state index contributed by atoms with van der Waals surface area (Å²) in [5.74, 6) is 0.477. The van der Waals surface area contributed by atoms with Gasteiger partial charge in [0, 0.05) is 40.6 Å². The summed E-state index contributed by atoms with van der Waals surface area (Å²) in [6.07, 6.45) is 7.41. The summed E-state index contributed by atoms with van der Waals surface area (Å²) in [6.45, 7) is 2.03. The van der Waals surface area contributed by atoms with Crippen LogP contribution < -0.4 is 10.6 Å².